The third-order valence-corrected chi connectivity index (χ3v) is 2.24. The van der Waals surface area contributed by atoms with E-state index in [4.69, 9.17) is 11.7 Å². The second-order valence-corrected chi connectivity index (χ2v) is 3.73. The minimum absolute atomic E-state index is 0.132. The van der Waals surface area contributed by atoms with Gasteiger partial charge in [0.15, 0.2) is 0 Å². The molecule has 2 N–H and O–H groups in total. The molecule has 4 nitrogen and oxygen atoms in total. The summed E-state index contributed by atoms with van der Waals surface area (Å²) < 4.78 is 38.5. The molecule has 0 heterocycles. The molecule has 0 bridgehead atoms. The minimum atomic E-state index is -4.66. The van der Waals surface area contributed by atoms with E-state index >= 15 is 0 Å². The summed E-state index contributed by atoms with van der Waals surface area (Å²) in [7, 11) is 0. The topological polar surface area (TPSA) is 64.9 Å². The third kappa shape index (κ3) is 4.30. The van der Waals surface area contributed by atoms with E-state index in [9.17, 15) is 18.0 Å². The van der Waals surface area contributed by atoms with Crippen LogP contribution in [-0.4, -0.2) is 19.0 Å². The molecule has 0 aliphatic carbocycles. The fourth-order valence-electron chi connectivity index (χ4n) is 1.40. The molecule has 0 spiro atoms. The molecule has 0 saturated carbocycles. The highest BCUT2D eigenvalue weighted by molar-refractivity contribution is 5.93. The van der Waals surface area contributed by atoms with Crippen LogP contribution in [-0.2, 0) is 11.0 Å². The van der Waals surface area contributed by atoms with E-state index in [-0.39, 0.29) is 18.7 Å². The number of anilines is 1. The van der Waals surface area contributed by atoms with Crippen molar-refractivity contribution in [3.63, 3.8) is 0 Å². The predicted molar refractivity (Wildman–Crippen MR) is 66.5 cm³/mol. The van der Waals surface area contributed by atoms with Crippen molar-refractivity contribution in [2.24, 2.45) is 0 Å². The van der Waals surface area contributed by atoms with Crippen LogP contribution in [0.15, 0.2) is 18.2 Å². The number of halogens is 3. The summed E-state index contributed by atoms with van der Waals surface area (Å²) in [5, 5.41) is 13.3. The van der Waals surface area contributed by atoms with E-state index in [0.29, 0.717) is 6.07 Å². The number of hydrogen-bond donors (Lipinski definition) is 2. The van der Waals surface area contributed by atoms with Crippen LogP contribution in [0.2, 0.25) is 0 Å². The molecule has 0 fully saturated rings. The lowest BCUT2D eigenvalue weighted by molar-refractivity contribution is -0.137. The molecule has 0 unspecified atom stereocenters. The maximum Gasteiger partial charge on any atom is 0.418 e. The quantitative estimate of drug-likeness (QED) is 0.652. The van der Waals surface area contributed by atoms with E-state index < -0.39 is 23.3 Å². The average molecular weight is 281 g/mol. The van der Waals surface area contributed by atoms with E-state index in [1.165, 1.54) is 6.07 Å². The number of nitrogens with zero attached hydrogens (tertiary/aromatic N) is 1. The Kier molecular flexibility index (Phi) is 5.13. The Bertz CT molecular complexity index is 582. The minimum Gasteiger partial charge on any atom is -0.324 e. The van der Waals surface area contributed by atoms with Gasteiger partial charge in [0.2, 0.25) is 5.91 Å². The molecule has 0 saturated heterocycles. The van der Waals surface area contributed by atoms with Gasteiger partial charge in [-0.15, -0.1) is 6.42 Å². The number of alkyl halides is 3. The Balaban J connectivity index is 2.93. The van der Waals surface area contributed by atoms with Crippen molar-refractivity contribution in [1.29, 1.82) is 5.26 Å². The van der Waals surface area contributed by atoms with Gasteiger partial charge in [0.25, 0.3) is 0 Å². The summed E-state index contributed by atoms with van der Waals surface area (Å²) in [6.07, 6.45) is 0.292. The number of terminal acetylenes is 1. The number of carbonyl (C=O) groups is 1. The Morgan fingerprint density at radius 1 is 1.40 bits per heavy atom. The van der Waals surface area contributed by atoms with Gasteiger partial charge in [0.1, 0.15) is 0 Å². The van der Waals surface area contributed by atoms with Crippen molar-refractivity contribution in [2.45, 2.75) is 6.18 Å². The van der Waals surface area contributed by atoms with Crippen LogP contribution in [0.5, 0.6) is 0 Å². The summed E-state index contributed by atoms with van der Waals surface area (Å²) >= 11 is 0. The first-order chi connectivity index (χ1) is 9.38. The lowest BCUT2D eigenvalue weighted by Crippen LogP contribution is -2.29. The van der Waals surface area contributed by atoms with Gasteiger partial charge in [0, 0.05) is 0 Å². The molecule has 1 aromatic rings. The average Bonchev–Trinajstić information content (AvgIpc) is 2.38. The molecule has 0 atom stereocenters. The van der Waals surface area contributed by atoms with Crippen molar-refractivity contribution < 1.29 is 18.0 Å². The molecule has 20 heavy (non-hydrogen) atoms. The highest BCUT2D eigenvalue weighted by Gasteiger charge is 2.34. The van der Waals surface area contributed by atoms with Crippen LogP contribution in [0.25, 0.3) is 0 Å². The fourth-order valence-corrected chi connectivity index (χ4v) is 1.40. The van der Waals surface area contributed by atoms with Gasteiger partial charge in [-0.05, 0) is 18.2 Å². The summed E-state index contributed by atoms with van der Waals surface area (Å²) in [6, 6.07) is 4.54. The molecule has 0 radical (unpaired) electrons. The molecule has 7 heteroatoms. The van der Waals surface area contributed by atoms with E-state index in [0.717, 1.165) is 6.07 Å². The lowest BCUT2D eigenvalue weighted by atomic mass is 10.1. The summed E-state index contributed by atoms with van der Waals surface area (Å²) in [4.78, 5) is 11.4. The van der Waals surface area contributed by atoms with Crippen molar-refractivity contribution in [2.75, 3.05) is 18.4 Å². The van der Waals surface area contributed by atoms with E-state index in [2.05, 4.69) is 16.6 Å². The molecular weight excluding hydrogens is 271 g/mol. The monoisotopic (exact) mass is 281 g/mol. The van der Waals surface area contributed by atoms with Crippen molar-refractivity contribution >= 4 is 11.6 Å². The van der Waals surface area contributed by atoms with Crippen LogP contribution < -0.4 is 10.6 Å². The molecular formula is C13H10F3N3O. The number of nitriles is 1. The fraction of sp³-hybridized carbons (Fsp3) is 0.231. The van der Waals surface area contributed by atoms with Crippen LogP contribution in [0.3, 0.4) is 0 Å². The Labute approximate surface area is 113 Å². The Hall–Kier alpha value is -2.51. The second kappa shape index (κ2) is 6.60. The number of benzene rings is 1. The highest BCUT2D eigenvalue weighted by Crippen LogP contribution is 2.35. The normalized spacial score (nSPS) is 10.4. The van der Waals surface area contributed by atoms with Crippen molar-refractivity contribution in [3.8, 4) is 18.4 Å². The Morgan fingerprint density at radius 3 is 2.65 bits per heavy atom. The van der Waals surface area contributed by atoms with Crippen LogP contribution in [0.4, 0.5) is 18.9 Å². The number of carbonyl (C=O) groups excluding carboxylic acids is 1. The first-order valence-electron chi connectivity index (χ1n) is 5.44. The smallest absolute Gasteiger partial charge is 0.324 e. The van der Waals surface area contributed by atoms with Gasteiger partial charge in [0.05, 0.1) is 36.0 Å². The highest BCUT2D eigenvalue weighted by atomic mass is 19.4. The van der Waals surface area contributed by atoms with Gasteiger partial charge >= 0.3 is 6.18 Å². The first kappa shape index (κ1) is 15.5. The number of amides is 1. The molecule has 1 aromatic carbocycles. The zero-order valence-electron chi connectivity index (χ0n) is 10.2. The largest absolute Gasteiger partial charge is 0.418 e. The van der Waals surface area contributed by atoms with Gasteiger partial charge < -0.3 is 5.32 Å². The third-order valence-electron chi connectivity index (χ3n) is 2.24. The molecule has 104 valence electrons. The van der Waals surface area contributed by atoms with E-state index in [1.54, 1.807) is 6.07 Å². The zero-order chi connectivity index (χ0) is 15.2. The molecule has 0 aromatic heterocycles. The molecule has 0 aliphatic heterocycles. The van der Waals surface area contributed by atoms with Crippen LogP contribution in [0, 0.1) is 23.7 Å². The van der Waals surface area contributed by atoms with Gasteiger partial charge in [-0.3, -0.25) is 10.1 Å². The molecule has 1 rings (SSSR count). The Morgan fingerprint density at radius 2 is 2.10 bits per heavy atom. The summed E-state index contributed by atoms with van der Waals surface area (Å²) in [6.45, 7) is -0.0750. The summed E-state index contributed by atoms with van der Waals surface area (Å²) in [5.74, 6) is 1.57. The lowest BCUT2D eigenvalue weighted by Gasteiger charge is -2.14. The number of hydrogen-bond acceptors (Lipinski definition) is 3. The van der Waals surface area contributed by atoms with Gasteiger partial charge in [-0.25, -0.2) is 0 Å². The zero-order valence-corrected chi connectivity index (χ0v) is 10.2. The number of nitrogens with one attached hydrogen (secondary N) is 2. The SMILES string of the molecule is C#CCNCC(=O)Nc1ccc(C#N)cc1C(F)(F)F. The van der Waals surface area contributed by atoms with Crippen LogP contribution in [0.1, 0.15) is 11.1 Å². The second-order valence-electron chi connectivity index (χ2n) is 3.73. The number of rotatable bonds is 4. The van der Waals surface area contributed by atoms with Gasteiger partial charge in [-0.2, -0.15) is 18.4 Å². The van der Waals surface area contributed by atoms with Crippen molar-refractivity contribution in [3.05, 3.63) is 29.3 Å². The summed E-state index contributed by atoms with van der Waals surface area (Å²) in [5.41, 5.74) is -1.60. The molecule has 1 amide bonds. The van der Waals surface area contributed by atoms with Crippen molar-refractivity contribution in [1.82, 2.24) is 5.32 Å². The molecule has 0 aliphatic rings. The first-order valence-corrected chi connectivity index (χ1v) is 5.44. The van der Waals surface area contributed by atoms with Gasteiger partial charge in [-0.1, -0.05) is 5.92 Å². The maximum absolute atomic E-state index is 12.8. The van der Waals surface area contributed by atoms with Crippen LogP contribution >= 0.6 is 0 Å². The standard InChI is InChI=1S/C13H10F3N3O/c1-2-5-18-8-12(20)19-11-4-3-9(7-17)6-10(11)13(14,15)16/h1,3-4,6,18H,5,8H2,(H,19,20). The van der Waals surface area contributed by atoms with E-state index in [1.807, 2.05) is 0 Å². The predicted octanol–water partition coefficient (Wildman–Crippen LogP) is 1.74. The maximum atomic E-state index is 12.8.